The van der Waals surface area contributed by atoms with Gasteiger partial charge in [-0.3, -0.25) is 4.79 Å². The molecule has 1 N–H and O–H groups in total. The summed E-state index contributed by atoms with van der Waals surface area (Å²) < 4.78 is 21.0. The average Bonchev–Trinajstić information content (AvgIpc) is 3.29. The number of rotatable bonds is 5. The smallest absolute Gasteiger partial charge is 0.240 e. The number of amides is 1. The number of hydrogen-bond donors (Lipinski definition) is 1. The highest BCUT2D eigenvalue weighted by atomic mass is 19.1. The van der Waals surface area contributed by atoms with Crippen LogP contribution >= 0.6 is 0 Å². The molecule has 140 valence electrons. The maximum absolute atomic E-state index is 13.3. The van der Waals surface area contributed by atoms with Crippen LogP contribution in [0.4, 0.5) is 4.39 Å². The minimum absolute atomic E-state index is 0.0972. The molecule has 0 saturated carbocycles. The standard InChI is InChI=1S/C21H22FN3O2/c1-14-23-17-5-2-3-6-18(17)25(14)13-20(26)24-21(19-7-4-12-27-19)15-8-10-16(22)11-9-15/h2-3,5-6,8-11,19,21H,4,7,12-13H2,1H3,(H,24,26). The van der Waals surface area contributed by atoms with E-state index in [1.807, 2.05) is 35.8 Å². The fourth-order valence-corrected chi connectivity index (χ4v) is 3.68. The summed E-state index contributed by atoms with van der Waals surface area (Å²) in [4.78, 5) is 17.3. The zero-order valence-electron chi connectivity index (χ0n) is 15.2. The van der Waals surface area contributed by atoms with E-state index < -0.39 is 0 Å². The first kappa shape index (κ1) is 17.7. The minimum Gasteiger partial charge on any atom is -0.376 e. The maximum Gasteiger partial charge on any atom is 0.240 e. The molecule has 5 nitrogen and oxygen atoms in total. The predicted octanol–water partition coefficient (Wildman–Crippen LogP) is 3.52. The van der Waals surface area contributed by atoms with E-state index >= 15 is 0 Å². The molecule has 27 heavy (non-hydrogen) atoms. The lowest BCUT2D eigenvalue weighted by Gasteiger charge is -2.25. The van der Waals surface area contributed by atoms with E-state index in [2.05, 4.69) is 10.3 Å². The quantitative estimate of drug-likeness (QED) is 0.751. The number of carbonyl (C=O) groups excluding carboxylic acids is 1. The van der Waals surface area contributed by atoms with Crippen molar-refractivity contribution in [3.05, 3.63) is 65.7 Å². The Morgan fingerprint density at radius 2 is 2.07 bits per heavy atom. The van der Waals surface area contributed by atoms with Crippen molar-refractivity contribution in [3.8, 4) is 0 Å². The van der Waals surface area contributed by atoms with Gasteiger partial charge in [0.2, 0.25) is 5.91 Å². The van der Waals surface area contributed by atoms with Crippen LogP contribution in [0.15, 0.2) is 48.5 Å². The summed E-state index contributed by atoms with van der Waals surface area (Å²) in [6.07, 6.45) is 1.74. The summed E-state index contributed by atoms with van der Waals surface area (Å²) in [6, 6.07) is 13.7. The Kier molecular flexibility index (Phi) is 4.90. The van der Waals surface area contributed by atoms with Gasteiger partial charge in [-0.05, 0) is 49.6 Å². The summed E-state index contributed by atoms with van der Waals surface area (Å²) in [5.41, 5.74) is 2.65. The first-order chi connectivity index (χ1) is 13.1. The minimum atomic E-state index is -0.296. The van der Waals surface area contributed by atoms with Gasteiger partial charge in [-0.1, -0.05) is 24.3 Å². The predicted molar refractivity (Wildman–Crippen MR) is 101 cm³/mol. The van der Waals surface area contributed by atoms with Gasteiger partial charge in [-0.15, -0.1) is 0 Å². The van der Waals surface area contributed by atoms with E-state index in [9.17, 15) is 9.18 Å². The number of benzene rings is 2. The molecular weight excluding hydrogens is 345 g/mol. The Balaban J connectivity index is 1.56. The normalized spacial score (nSPS) is 17.9. The van der Waals surface area contributed by atoms with Gasteiger partial charge in [0.15, 0.2) is 0 Å². The van der Waals surface area contributed by atoms with Gasteiger partial charge in [-0.25, -0.2) is 9.37 Å². The van der Waals surface area contributed by atoms with Gasteiger partial charge in [-0.2, -0.15) is 0 Å². The molecule has 2 atom stereocenters. The third kappa shape index (κ3) is 3.71. The van der Waals surface area contributed by atoms with Crippen LogP contribution in [-0.2, 0) is 16.1 Å². The topological polar surface area (TPSA) is 56.2 Å². The second kappa shape index (κ2) is 7.48. The number of nitrogens with one attached hydrogen (secondary N) is 1. The first-order valence-corrected chi connectivity index (χ1v) is 9.20. The maximum atomic E-state index is 13.3. The van der Waals surface area contributed by atoms with Gasteiger partial charge in [0.25, 0.3) is 0 Å². The molecule has 1 aromatic heterocycles. The molecule has 2 unspecified atom stereocenters. The van der Waals surface area contributed by atoms with Crippen LogP contribution in [0.3, 0.4) is 0 Å². The molecule has 0 spiro atoms. The van der Waals surface area contributed by atoms with Gasteiger partial charge >= 0.3 is 0 Å². The van der Waals surface area contributed by atoms with E-state index in [-0.39, 0.29) is 30.4 Å². The molecule has 4 rings (SSSR count). The molecule has 1 fully saturated rings. The van der Waals surface area contributed by atoms with Crippen molar-refractivity contribution >= 4 is 16.9 Å². The van der Waals surface area contributed by atoms with Gasteiger partial charge in [0.05, 0.1) is 23.2 Å². The SMILES string of the molecule is Cc1nc2ccccc2n1CC(=O)NC(c1ccc(F)cc1)C1CCCO1. The van der Waals surface area contributed by atoms with Crippen molar-refractivity contribution in [2.24, 2.45) is 0 Å². The Hall–Kier alpha value is -2.73. The van der Waals surface area contributed by atoms with Crippen LogP contribution in [0.5, 0.6) is 0 Å². The van der Waals surface area contributed by atoms with Crippen molar-refractivity contribution in [1.29, 1.82) is 0 Å². The lowest BCUT2D eigenvalue weighted by molar-refractivity contribution is -0.123. The summed E-state index contributed by atoms with van der Waals surface area (Å²) in [5.74, 6) is 0.379. The highest BCUT2D eigenvalue weighted by molar-refractivity contribution is 5.81. The molecule has 1 amide bonds. The monoisotopic (exact) mass is 367 g/mol. The highest BCUT2D eigenvalue weighted by Gasteiger charge is 2.29. The molecule has 0 radical (unpaired) electrons. The van der Waals surface area contributed by atoms with Crippen LogP contribution in [-0.4, -0.2) is 28.2 Å². The number of hydrogen-bond acceptors (Lipinski definition) is 3. The number of halogens is 1. The van der Waals surface area contributed by atoms with E-state index in [0.29, 0.717) is 6.61 Å². The number of fused-ring (bicyclic) bond motifs is 1. The van der Waals surface area contributed by atoms with Crippen LogP contribution in [0, 0.1) is 12.7 Å². The van der Waals surface area contributed by atoms with Crippen molar-refractivity contribution in [2.45, 2.75) is 38.5 Å². The molecule has 0 bridgehead atoms. The zero-order valence-corrected chi connectivity index (χ0v) is 15.2. The summed E-state index contributed by atoms with van der Waals surface area (Å²) in [6.45, 7) is 2.76. The molecule has 1 aliphatic heterocycles. The summed E-state index contributed by atoms with van der Waals surface area (Å²) in [5, 5.41) is 3.09. The Labute approximate surface area is 157 Å². The number of imidazole rings is 1. The number of ether oxygens (including phenoxy) is 1. The molecule has 2 aromatic carbocycles. The zero-order chi connectivity index (χ0) is 18.8. The lowest BCUT2D eigenvalue weighted by Crippen LogP contribution is -2.38. The van der Waals surface area contributed by atoms with Crippen LogP contribution in [0.25, 0.3) is 11.0 Å². The third-order valence-electron chi connectivity index (χ3n) is 5.03. The Morgan fingerprint density at radius 3 is 2.81 bits per heavy atom. The largest absolute Gasteiger partial charge is 0.376 e. The Morgan fingerprint density at radius 1 is 1.30 bits per heavy atom. The van der Waals surface area contributed by atoms with E-state index in [1.165, 1.54) is 12.1 Å². The number of nitrogens with zero attached hydrogens (tertiary/aromatic N) is 2. The van der Waals surface area contributed by atoms with Gasteiger partial charge < -0.3 is 14.6 Å². The number of para-hydroxylation sites is 2. The third-order valence-corrected chi connectivity index (χ3v) is 5.03. The fraction of sp³-hybridized carbons (Fsp3) is 0.333. The highest BCUT2D eigenvalue weighted by Crippen LogP contribution is 2.27. The van der Waals surface area contributed by atoms with Crippen LogP contribution < -0.4 is 5.32 Å². The summed E-state index contributed by atoms with van der Waals surface area (Å²) in [7, 11) is 0. The number of aryl methyl sites for hydroxylation is 1. The number of carbonyl (C=O) groups is 1. The molecule has 3 aromatic rings. The Bertz CT molecular complexity index is 946. The van der Waals surface area contributed by atoms with Crippen LogP contribution in [0.1, 0.15) is 30.3 Å². The van der Waals surface area contributed by atoms with Crippen molar-refractivity contribution in [1.82, 2.24) is 14.9 Å². The van der Waals surface area contributed by atoms with Crippen molar-refractivity contribution in [3.63, 3.8) is 0 Å². The first-order valence-electron chi connectivity index (χ1n) is 9.20. The van der Waals surface area contributed by atoms with Gasteiger partial charge in [0, 0.05) is 6.61 Å². The molecule has 6 heteroatoms. The lowest BCUT2D eigenvalue weighted by atomic mass is 9.99. The van der Waals surface area contributed by atoms with Crippen LogP contribution in [0.2, 0.25) is 0 Å². The summed E-state index contributed by atoms with van der Waals surface area (Å²) >= 11 is 0. The van der Waals surface area contributed by atoms with E-state index in [0.717, 1.165) is 35.3 Å². The van der Waals surface area contributed by atoms with Crippen molar-refractivity contribution < 1.29 is 13.9 Å². The second-order valence-corrected chi connectivity index (χ2v) is 6.88. The molecule has 2 heterocycles. The second-order valence-electron chi connectivity index (χ2n) is 6.88. The molecular formula is C21H22FN3O2. The van der Waals surface area contributed by atoms with Crippen molar-refractivity contribution in [2.75, 3.05) is 6.61 Å². The molecule has 0 aliphatic carbocycles. The molecule has 1 saturated heterocycles. The average molecular weight is 367 g/mol. The van der Waals surface area contributed by atoms with Gasteiger partial charge in [0.1, 0.15) is 18.2 Å². The van der Waals surface area contributed by atoms with E-state index in [1.54, 1.807) is 12.1 Å². The number of aromatic nitrogens is 2. The fourth-order valence-electron chi connectivity index (χ4n) is 3.68. The van der Waals surface area contributed by atoms with E-state index in [4.69, 9.17) is 4.74 Å². The molecule has 1 aliphatic rings.